The third kappa shape index (κ3) is 5.84. The van der Waals surface area contributed by atoms with Gasteiger partial charge in [0.15, 0.2) is 0 Å². The number of halogens is 4. The Kier molecular flexibility index (Phi) is 6.17. The molecule has 2 rings (SSSR count). The summed E-state index contributed by atoms with van der Waals surface area (Å²) >= 11 is 0. The van der Waals surface area contributed by atoms with E-state index in [1.807, 2.05) is 0 Å². The number of anilines is 2. The maximum atomic E-state index is 13.5. The number of alkyl halides is 3. The number of sulfonamides is 1. The summed E-state index contributed by atoms with van der Waals surface area (Å²) in [5, 5.41) is 2.39. The van der Waals surface area contributed by atoms with Gasteiger partial charge in [-0.1, -0.05) is 6.07 Å². The van der Waals surface area contributed by atoms with Crippen molar-refractivity contribution in [3.8, 4) is 5.75 Å². The van der Waals surface area contributed by atoms with Crippen LogP contribution in [-0.4, -0.2) is 33.0 Å². The van der Waals surface area contributed by atoms with E-state index in [4.69, 9.17) is 0 Å². The molecule has 0 fully saturated rings. The molecule has 0 saturated heterocycles. The van der Waals surface area contributed by atoms with Gasteiger partial charge in [0.1, 0.15) is 17.6 Å². The van der Waals surface area contributed by atoms with Crippen molar-refractivity contribution in [1.29, 1.82) is 0 Å². The number of nitrogens with zero attached hydrogens (tertiary/aromatic N) is 1. The zero-order valence-electron chi connectivity index (χ0n) is 14.7. The molecule has 0 bridgehead atoms. The van der Waals surface area contributed by atoms with Crippen LogP contribution in [0.4, 0.5) is 28.9 Å². The summed E-state index contributed by atoms with van der Waals surface area (Å²) in [6.07, 6.45) is -3.98. The second kappa shape index (κ2) is 8.05. The van der Waals surface area contributed by atoms with Crippen LogP contribution in [-0.2, 0) is 14.8 Å². The van der Waals surface area contributed by atoms with Crippen LogP contribution >= 0.6 is 0 Å². The van der Waals surface area contributed by atoms with E-state index in [0.717, 1.165) is 34.8 Å². The molecule has 1 atom stereocenters. The lowest BCUT2D eigenvalue weighted by molar-refractivity contribution is -0.274. The molecule has 0 aliphatic heterocycles. The highest BCUT2D eigenvalue weighted by Gasteiger charge is 2.31. The Labute approximate surface area is 158 Å². The van der Waals surface area contributed by atoms with Crippen LogP contribution in [0.1, 0.15) is 6.92 Å². The third-order valence-electron chi connectivity index (χ3n) is 3.51. The zero-order chi connectivity index (χ0) is 21.1. The molecular formula is C17H16F4N2O4S. The highest BCUT2D eigenvalue weighted by atomic mass is 32.2. The minimum atomic E-state index is -4.85. The summed E-state index contributed by atoms with van der Waals surface area (Å²) in [5.41, 5.74) is 0.0816. The van der Waals surface area contributed by atoms with E-state index < -0.39 is 39.9 Å². The first-order valence-electron chi connectivity index (χ1n) is 7.78. The van der Waals surface area contributed by atoms with E-state index in [9.17, 15) is 30.8 Å². The largest absolute Gasteiger partial charge is 0.573 e. The van der Waals surface area contributed by atoms with Crippen LogP contribution in [0.25, 0.3) is 0 Å². The van der Waals surface area contributed by atoms with E-state index >= 15 is 0 Å². The van der Waals surface area contributed by atoms with Crippen molar-refractivity contribution < 1.29 is 35.5 Å². The predicted molar refractivity (Wildman–Crippen MR) is 94.9 cm³/mol. The molecule has 0 aromatic heterocycles. The van der Waals surface area contributed by atoms with Crippen molar-refractivity contribution in [1.82, 2.24) is 0 Å². The fourth-order valence-electron chi connectivity index (χ4n) is 2.41. The van der Waals surface area contributed by atoms with Gasteiger partial charge in [-0.25, -0.2) is 12.8 Å². The maximum Gasteiger partial charge on any atom is 0.573 e. The lowest BCUT2D eigenvalue weighted by atomic mass is 10.2. The van der Waals surface area contributed by atoms with Crippen molar-refractivity contribution in [2.75, 3.05) is 15.9 Å². The first-order valence-corrected chi connectivity index (χ1v) is 9.63. The number of nitrogens with one attached hydrogen (secondary N) is 1. The fraction of sp³-hybridized carbons (Fsp3) is 0.235. The number of hydrogen-bond acceptors (Lipinski definition) is 4. The van der Waals surface area contributed by atoms with Crippen molar-refractivity contribution in [2.45, 2.75) is 19.3 Å². The van der Waals surface area contributed by atoms with Crippen molar-refractivity contribution in [3.05, 3.63) is 54.3 Å². The number of carbonyl (C=O) groups is 1. The topological polar surface area (TPSA) is 75.7 Å². The molecule has 0 heterocycles. The quantitative estimate of drug-likeness (QED) is 0.726. The Morgan fingerprint density at radius 2 is 1.75 bits per heavy atom. The first-order chi connectivity index (χ1) is 12.9. The molecular weight excluding hydrogens is 404 g/mol. The molecule has 1 unspecified atom stereocenters. The number of rotatable bonds is 6. The maximum absolute atomic E-state index is 13.5. The highest BCUT2D eigenvalue weighted by Crippen LogP contribution is 2.25. The van der Waals surface area contributed by atoms with Crippen LogP contribution in [0.15, 0.2) is 48.5 Å². The second-order valence-corrected chi connectivity index (χ2v) is 7.64. The molecule has 28 heavy (non-hydrogen) atoms. The molecule has 0 aliphatic rings. The van der Waals surface area contributed by atoms with Crippen LogP contribution < -0.4 is 14.4 Å². The minimum absolute atomic E-state index is 0.0425. The molecule has 152 valence electrons. The Morgan fingerprint density at radius 3 is 2.25 bits per heavy atom. The zero-order valence-corrected chi connectivity index (χ0v) is 15.5. The molecule has 1 N–H and O–H groups in total. The SMILES string of the molecule is CC(C(=O)Nc1ccc(OC(F)(F)F)cc1)N(c1cccc(F)c1)S(C)(=O)=O. The van der Waals surface area contributed by atoms with Crippen LogP contribution in [0.5, 0.6) is 5.75 Å². The average Bonchev–Trinajstić information content (AvgIpc) is 2.54. The summed E-state index contributed by atoms with van der Waals surface area (Å²) in [5.74, 6) is -1.92. The van der Waals surface area contributed by atoms with Crippen LogP contribution in [0.3, 0.4) is 0 Å². The van der Waals surface area contributed by atoms with Gasteiger partial charge in [-0.2, -0.15) is 0 Å². The third-order valence-corrected chi connectivity index (χ3v) is 4.75. The van der Waals surface area contributed by atoms with Gasteiger partial charge in [-0.15, -0.1) is 13.2 Å². The molecule has 0 saturated carbocycles. The summed E-state index contributed by atoms with van der Waals surface area (Å²) in [6.45, 7) is 1.29. The Balaban J connectivity index is 2.19. The number of amides is 1. The van der Waals surface area contributed by atoms with Crippen molar-refractivity contribution in [3.63, 3.8) is 0 Å². The first kappa shape index (κ1) is 21.5. The summed E-state index contributed by atoms with van der Waals surface area (Å²) < 4.78 is 78.7. The standard InChI is InChI=1S/C17H16F4N2O4S/c1-11(23(28(2,25)26)14-5-3-4-12(18)10-14)16(24)22-13-6-8-15(9-7-13)27-17(19,20)21/h3-11H,1-2H3,(H,22,24). The molecule has 2 aromatic carbocycles. The Morgan fingerprint density at radius 1 is 1.14 bits per heavy atom. The smallest absolute Gasteiger partial charge is 0.406 e. The second-order valence-electron chi connectivity index (χ2n) is 5.78. The molecule has 0 aliphatic carbocycles. The fourth-order valence-corrected chi connectivity index (χ4v) is 3.58. The Hall–Kier alpha value is -2.82. The van der Waals surface area contributed by atoms with E-state index in [1.165, 1.54) is 31.2 Å². The lowest BCUT2D eigenvalue weighted by Gasteiger charge is -2.28. The van der Waals surface area contributed by atoms with Crippen LogP contribution in [0.2, 0.25) is 0 Å². The Bertz CT molecular complexity index is 946. The van der Waals surface area contributed by atoms with Gasteiger partial charge in [0, 0.05) is 5.69 Å². The van der Waals surface area contributed by atoms with E-state index in [0.29, 0.717) is 0 Å². The normalized spacial score (nSPS) is 12.9. The number of ether oxygens (including phenoxy) is 1. The van der Waals surface area contributed by atoms with Gasteiger partial charge >= 0.3 is 6.36 Å². The summed E-state index contributed by atoms with van der Waals surface area (Å²) in [7, 11) is -3.94. The number of benzene rings is 2. The van der Waals surface area contributed by atoms with E-state index in [1.54, 1.807) is 0 Å². The lowest BCUT2D eigenvalue weighted by Crippen LogP contribution is -2.45. The highest BCUT2D eigenvalue weighted by molar-refractivity contribution is 7.92. The molecule has 6 nitrogen and oxygen atoms in total. The molecule has 1 amide bonds. The van der Waals surface area contributed by atoms with Crippen molar-refractivity contribution >= 4 is 27.3 Å². The van der Waals surface area contributed by atoms with Gasteiger partial charge < -0.3 is 10.1 Å². The van der Waals surface area contributed by atoms with E-state index in [2.05, 4.69) is 10.1 Å². The minimum Gasteiger partial charge on any atom is -0.406 e. The number of hydrogen-bond donors (Lipinski definition) is 1. The van der Waals surface area contributed by atoms with E-state index in [-0.39, 0.29) is 11.4 Å². The van der Waals surface area contributed by atoms with Gasteiger partial charge in [0.25, 0.3) is 0 Å². The summed E-state index contributed by atoms with van der Waals surface area (Å²) in [6, 6.07) is 7.78. The number of carbonyl (C=O) groups excluding carboxylic acids is 1. The molecule has 0 spiro atoms. The van der Waals surface area contributed by atoms with Gasteiger partial charge in [0.2, 0.25) is 15.9 Å². The molecule has 2 aromatic rings. The summed E-state index contributed by atoms with van der Waals surface area (Å²) in [4.78, 5) is 12.5. The van der Waals surface area contributed by atoms with Crippen LogP contribution in [0, 0.1) is 5.82 Å². The van der Waals surface area contributed by atoms with Gasteiger partial charge in [0.05, 0.1) is 11.9 Å². The van der Waals surface area contributed by atoms with Gasteiger partial charge in [-0.05, 0) is 49.4 Å². The molecule has 0 radical (unpaired) electrons. The molecule has 11 heteroatoms. The van der Waals surface area contributed by atoms with Crippen molar-refractivity contribution in [2.24, 2.45) is 0 Å². The average molecular weight is 420 g/mol. The monoisotopic (exact) mass is 420 g/mol. The van der Waals surface area contributed by atoms with Gasteiger partial charge in [-0.3, -0.25) is 9.10 Å². The predicted octanol–water partition coefficient (Wildman–Crippen LogP) is 3.52.